The van der Waals surface area contributed by atoms with E-state index >= 15 is 0 Å². The van der Waals surface area contributed by atoms with Crippen LogP contribution in [0.3, 0.4) is 0 Å². The second kappa shape index (κ2) is 8.63. The van der Waals surface area contributed by atoms with Crippen molar-refractivity contribution in [2.24, 2.45) is 0 Å². The molecule has 2 heterocycles. The fraction of sp³-hybridized carbons (Fsp3) is 0.160. The van der Waals surface area contributed by atoms with Gasteiger partial charge in [0.15, 0.2) is 11.6 Å². The highest BCUT2D eigenvalue weighted by Crippen LogP contribution is 2.40. The van der Waals surface area contributed by atoms with Crippen molar-refractivity contribution in [3.8, 4) is 5.75 Å². The highest BCUT2D eigenvalue weighted by Gasteiger charge is 2.46. The van der Waals surface area contributed by atoms with E-state index in [2.05, 4.69) is 4.98 Å². The van der Waals surface area contributed by atoms with Gasteiger partial charge < -0.3 is 14.7 Å². The summed E-state index contributed by atoms with van der Waals surface area (Å²) in [5.41, 5.74) is 2.40. The molecule has 7 heteroatoms. The first-order valence-corrected chi connectivity index (χ1v) is 9.98. The van der Waals surface area contributed by atoms with Gasteiger partial charge in [0.1, 0.15) is 5.76 Å². The van der Waals surface area contributed by atoms with Crippen molar-refractivity contribution in [3.63, 3.8) is 0 Å². The Hall–Kier alpha value is -4.00. The molecule has 1 aliphatic rings. The van der Waals surface area contributed by atoms with Crippen LogP contribution in [0.5, 0.6) is 5.75 Å². The summed E-state index contributed by atoms with van der Waals surface area (Å²) >= 11 is 0. The lowest BCUT2D eigenvalue weighted by molar-refractivity contribution is -0.140. The summed E-state index contributed by atoms with van der Waals surface area (Å²) in [6, 6.07) is 13.9. The second-order valence-corrected chi connectivity index (χ2v) is 7.55. The zero-order valence-electron chi connectivity index (χ0n) is 17.6. The number of ketones is 1. The summed E-state index contributed by atoms with van der Waals surface area (Å²) in [6.45, 7) is 2.06. The highest BCUT2D eigenvalue weighted by molar-refractivity contribution is 6.46. The Morgan fingerprint density at radius 1 is 1.16 bits per heavy atom. The Kier molecular flexibility index (Phi) is 5.73. The zero-order chi connectivity index (χ0) is 22.8. The van der Waals surface area contributed by atoms with Gasteiger partial charge in [0.25, 0.3) is 11.7 Å². The van der Waals surface area contributed by atoms with Crippen LogP contribution in [0.25, 0.3) is 5.76 Å². The SMILES string of the molecule is COc1ccc(C(O)=C2C(=O)C(=O)N(Cc3cccnc3)[C@H]2c2ccc(C)cc2)cc1F. The molecule has 0 saturated carbocycles. The number of aryl methyl sites for hydroxylation is 1. The largest absolute Gasteiger partial charge is 0.507 e. The molecule has 0 spiro atoms. The number of carbonyl (C=O) groups is 2. The summed E-state index contributed by atoms with van der Waals surface area (Å²) in [5, 5.41) is 11.0. The number of benzene rings is 2. The quantitative estimate of drug-likeness (QED) is 0.372. The summed E-state index contributed by atoms with van der Waals surface area (Å²) < 4.78 is 19.2. The zero-order valence-corrected chi connectivity index (χ0v) is 17.6. The molecule has 32 heavy (non-hydrogen) atoms. The molecule has 3 aromatic rings. The van der Waals surface area contributed by atoms with Crippen LogP contribution in [0.15, 0.2) is 72.6 Å². The minimum absolute atomic E-state index is 0.00802. The standard InChI is InChI=1S/C25H21FN2O4/c1-15-5-7-17(8-6-15)22-21(23(29)18-9-10-20(32-2)19(26)12-18)24(30)25(31)28(22)14-16-4-3-11-27-13-16/h3-13,22,29H,14H2,1-2H3/t22-/m0/s1. The first kappa shape index (κ1) is 21.2. The molecule has 1 N–H and O–H groups in total. The van der Waals surface area contributed by atoms with E-state index in [9.17, 15) is 19.1 Å². The van der Waals surface area contributed by atoms with Crippen molar-refractivity contribution >= 4 is 17.4 Å². The van der Waals surface area contributed by atoms with Gasteiger partial charge in [-0.15, -0.1) is 0 Å². The summed E-state index contributed by atoms with van der Waals surface area (Å²) in [6.07, 6.45) is 3.23. The van der Waals surface area contributed by atoms with Crippen molar-refractivity contribution in [1.29, 1.82) is 0 Å². The fourth-order valence-corrected chi connectivity index (χ4v) is 3.80. The molecule has 0 unspecified atom stereocenters. The smallest absolute Gasteiger partial charge is 0.295 e. The fourth-order valence-electron chi connectivity index (χ4n) is 3.80. The molecule has 6 nitrogen and oxygen atoms in total. The van der Waals surface area contributed by atoms with Crippen LogP contribution in [-0.4, -0.2) is 33.8 Å². The van der Waals surface area contributed by atoms with E-state index < -0.39 is 29.3 Å². The number of hydrogen-bond donors (Lipinski definition) is 1. The van der Waals surface area contributed by atoms with Crippen LogP contribution in [-0.2, 0) is 16.1 Å². The normalized spacial score (nSPS) is 17.6. The molecule has 0 aliphatic carbocycles. The number of aromatic nitrogens is 1. The molecule has 1 aromatic heterocycles. The van der Waals surface area contributed by atoms with Gasteiger partial charge in [-0.05, 0) is 42.3 Å². The van der Waals surface area contributed by atoms with Crippen molar-refractivity contribution in [1.82, 2.24) is 9.88 Å². The lowest BCUT2D eigenvalue weighted by atomic mass is 9.94. The van der Waals surface area contributed by atoms with E-state index in [0.29, 0.717) is 5.56 Å². The van der Waals surface area contributed by atoms with E-state index in [1.54, 1.807) is 24.5 Å². The Bertz CT molecular complexity index is 1210. The summed E-state index contributed by atoms with van der Waals surface area (Å²) in [4.78, 5) is 31.5. The van der Waals surface area contributed by atoms with E-state index in [-0.39, 0.29) is 23.4 Å². The molecule has 2 aromatic carbocycles. The van der Waals surface area contributed by atoms with E-state index in [1.165, 1.54) is 24.1 Å². The molecular weight excluding hydrogens is 411 g/mol. The van der Waals surface area contributed by atoms with E-state index in [0.717, 1.165) is 17.2 Å². The van der Waals surface area contributed by atoms with Gasteiger partial charge in [-0.1, -0.05) is 35.9 Å². The van der Waals surface area contributed by atoms with Crippen molar-refractivity contribution in [3.05, 3.63) is 101 Å². The third-order valence-electron chi connectivity index (χ3n) is 5.43. The summed E-state index contributed by atoms with van der Waals surface area (Å²) in [5.74, 6) is -2.69. The van der Waals surface area contributed by atoms with Gasteiger partial charge in [0, 0.05) is 24.5 Å². The monoisotopic (exact) mass is 432 g/mol. The third-order valence-corrected chi connectivity index (χ3v) is 5.43. The molecule has 1 amide bonds. The van der Waals surface area contributed by atoms with Crippen LogP contribution >= 0.6 is 0 Å². The lowest BCUT2D eigenvalue weighted by Crippen LogP contribution is -2.29. The molecule has 1 fully saturated rings. The Morgan fingerprint density at radius 2 is 1.91 bits per heavy atom. The number of aliphatic hydroxyl groups is 1. The molecule has 0 radical (unpaired) electrons. The maximum Gasteiger partial charge on any atom is 0.295 e. The molecule has 4 rings (SSSR count). The predicted octanol–water partition coefficient (Wildman–Crippen LogP) is 4.16. The molecule has 1 aliphatic heterocycles. The maximum atomic E-state index is 14.3. The van der Waals surface area contributed by atoms with Crippen LogP contribution in [0.2, 0.25) is 0 Å². The van der Waals surface area contributed by atoms with Gasteiger partial charge in [-0.25, -0.2) is 4.39 Å². The summed E-state index contributed by atoms with van der Waals surface area (Å²) in [7, 11) is 1.33. The first-order valence-electron chi connectivity index (χ1n) is 9.98. The number of carbonyl (C=O) groups excluding carboxylic acids is 2. The Balaban J connectivity index is 1.86. The first-order chi connectivity index (χ1) is 15.4. The number of methoxy groups -OCH3 is 1. The van der Waals surface area contributed by atoms with Crippen LogP contribution < -0.4 is 4.74 Å². The lowest BCUT2D eigenvalue weighted by Gasteiger charge is -2.25. The van der Waals surface area contributed by atoms with Crippen molar-refractivity contribution in [2.75, 3.05) is 7.11 Å². The average molecular weight is 432 g/mol. The van der Waals surface area contributed by atoms with Crippen molar-refractivity contribution < 1.29 is 23.8 Å². The molecule has 0 bridgehead atoms. The number of Topliss-reactive ketones (excluding diaryl/α,β-unsaturated/α-hetero) is 1. The number of hydrogen-bond acceptors (Lipinski definition) is 5. The topological polar surface area (TPSA) is 79.7 Å². The van der Waals surface area contributed by atoms with Gasteiger partial charge in [-0.2, -0.15) is 0 Å². The van der Waals surface area contributed by atoms with E-state index in [1.807, 2.05) is 31.2 Å². The van der Waals surface area contributed by atoms with Gasteiger partial charge in [-0.3, -0.25) is 14.6 Å². The second-order valence-electron chi connectivity index (χ2n) is 7.55. The molecular formula is C25H21FN2O4. The van der Waals surface area contributed by atoms with Gasteiger partial charge >= 0.3 is 0 Å². The number of amides is 1. The molecule has 1 saturated heterocycles. The maximum absolute atomic E-state index is 14.3. The highest BCUT2D eigenvalue weighted by atomic mass is 19.1. The van der Waals surface area contributed by atoms with Crippen LogP contribution in [0.4, 0.5) is 4.39 Å². The number of ether oxygens (including phenoxy) is 1. The van der Waals surface area contributed by atoms with E-state index in [4.69, 9.17) is 4.74 Å². The third kappa shape index (κ3) is 3.85. The van der Waals surface area contributed by atoms with Crippen molar-refractivity contribution in [2.45, 2.75) is 19.5 Å². The number of nitrogens with zero attached hydrogens (tertiary/aromatic N) is 2. The minimum atomic E-state index is -0.832. The van der Waals surface area contributed by atoms with Crippen LogP contribution in [0.1, 0.15) is 28.3 Å². The minimum Gasteiger partial charge on any atom is -0.507 e. The number of aliphatic hydroxyl groups excluding tert-OH is 1. The number of pyridine rings is 1. The number of rotatable bonds is 5. The molecule has 1 atom stereocenters. The number of halogens is 1. The van der Waals surface area contributed by atoms with Gasteiger partial charge in [0.2, 0.25) is 0 Å². The van der Waals surface area contributed by atoms with Gasteiger partial charge in [0.05, 0.1) is 18.7 Å². The average Bonchev–Trinajstić information content (AvgIpc) is 3.04. The van der Waals surface area contributed by atoms with Crippen LogP contribution in [0, 0.1) is 12.7 Å². The predicted molar refractivity (Wildman–Crippen MR) is 116 cm³/mol. The number of likely N-dealkylation sites (tertiary alicyclic amines) is 1. The Labute approximate surface area is 184 Å². The Morgan fingerprint density at radius 3 is 2.53 bits per heavy atom. The molecule has 162 valence electrons.